The standard InChI is InChI=1S/C15H10ClN3O4S/c16-11-4-1-7(5-10(11)14(22)23)19-13(17-18-15(19)24)9-3-2-8(20)6-12(9)21/h1-6,20-21H,(H,18,24)(H,22,23). The maximum atomic E-state index is 11.3. The van der Waals surface area contributed by atoms with Crippen LogP contribution in [0.2, 0.25) is 5.02 Å². The summed E-state index contributed by atoms with van der Waals surface area (Å²) in [6.07, 6.45) is 0. The monoisotopic (exact) mass is 363 g/mol. The number of aromatic carboxylic acids is 1. The fourth-order valence-electron chi connectivity index (χ4n) is 2.24. The number of carboxylic acid groups (broad SMARTS) is 1. The van der Waals surface area contributed by atoms with Gasteiger partial charge in [0.2, 0.25) is 0 Å². The van der Waals surface area contributed by atoms with Gasteiger partial charge in [-0.1, -0.05) is 11.6 Å². The quantitative estimate of drug-likeness (QED) is 0.531. The summed E-state index contributed by atoms with van der Waals surface area (Å²) < 4.78 is 1.67. The molecular weight excluding hydrogens is 354 g/mol. The first-order valence-electron chi connectivity index (χ1n) is 6.61. The topological polar surface area (TPSA) is 111 Å². The molecule has 122 valence electrons. The molecule has 0 amide bonds. The number of carbonyl (C=O) groups is 1. The van der Waals surface area contributed by atoms with Crippen LogP contribution in [-0.2, 0) is 0 Å². The van der Waals surface area contributed by atoms with Gasteiger partial charge in [0.15, 0.2) is 10.6 Å². The van der Waals surface area contributed by atoms with E-state index in [0.29, 0.717) is 11.3 Å². The number of halogens is 1. The van der Waals surface area contributed by atoms with Gasteiger partial charge in [-0.3, -0.25) is 9.67 Å². The molecule has 0 spiro atoms. The van der Waals surface area contributed by atoms with Crippen molar-refractivity contribution in [3.63, 3.8) is 0 Å². The Hall–Kier alpha value is -2.84. The van der Waals surface area contributed by atoms with E-state index in [4.69, 9.17) is 23.8 Å². The molecule has 0 aliphatic heterocycles. The second-order valence-electron chi connectivity index (χ2n) is 4.86. The lowest BCUT2D eigenvalue weighted by Crippen LogP contribution is -2.03. The molecule has 0 unspecified atom stereocenters. The normalized spacial score (nSPS) is 10.7. The number of rotatable bonds is 3. The molecule has 2 aromatic carbocycles. The van der Waals surface area contributed by atoms with Gasteiger partial charge in [0.1, 0.15) is 11.5 Å². The molecule has 0 bridgehead atoms. The van der Waals surface area contributed by atoms with Gasteiger partial charge in [0.25, 0.3) is 0 Å². The Balaban J connectivity index is 2.24. The van der Waals surface area contributed by atoms with E-state index in [1.54, 1.807) is 6.07 Å². The Morgan fingerprint density at radius 1 is 1.21 bits per heavy atom. The molecule has 0 aliphatic carbocycles. The number of phenolic OH excluding ortho intramolecular Hbond substituents is 2. The van der Waals surface area contributed by atoms with Crippen molar-refractivity contribution in [3.8, 4) is 28.6 Å². The van der Waals surface area contributed by atoms with E-state index in [0.717, 1.165) is 0 Å². The van der Waals surface area contributed by atoms with Gasteiger partial charge in [0.05, 0.1) is 21.8 Å². The van der Waals surface area contributed by atoms with Gasteiger partial charge in [-0.25, -0.2) is 4.79 Å². The highest BCUT2D eigenvalue weighted by atomic mass is 35.5. The minimum atomic E-state index is -1.18. The largest absolute Gasteiger partial charge is 0.508 e. The van der Waals surface area contributed by atoms with Crippen LogP contribution in [0, 0.1) is 4.77 Å². The predicted molar refractivity (Wildman–Crippen MR) is 89.5 cm³/mol. The molecule has 1 aromatic heterocycles. The minimum absolute atomic E-state index is 0.0851. The van der Waals surface area contributed by atoms with Crippen molar-refractivity contribution in [1.29, 1.82) is 0 Å². The number of aromatic hydroxyl groups is 2. The Bertz CT molecular complexity index is 1010. The Kier molecular flexibility index (Phi) is 4.00. The van der Waals surface area contributed by atoms with Crippen molar-refractivity contribution in [2.24, 2.45) is 0 Å². The third kappa shape index (κ3) is 2.72. The van der Waals surface area contributed by atoms with Gasteiger partial charge in [0, 0.05) is 6.07 Å². The first-order valence-corrected chi connectivity index (χ1v) is 7.40. The molecule has 0 atom stereocenters. The molecule has 0 saturated carbocycles. The fourth-order valence-corrected chi connectivity index (χ4v) is 2.68. The number of hydrogen-bond acceptors (Lipinski definition) is 5. The molecule has 3 rings (SSSR count). The zero-order valence-corrected chi connectivity index (χ0v) is 13.5. The van der Waals surface area contributed by atoms with Gasteiger partial charge in [-0.05, 0) is 42.5 Å². The third-order valence-electron chi connectivity index (χ3n) is 3.33. The highest BCUT2D eigenvalue weighted by Gasteiger charge is 2.17. The molecular formula is C15H10ClN3O4S. The summed E-state index contributed by atoms with van der Waals surface area (Å²) in [5.74, 6) is -1.21. The molecule has 0 saturated heterocycles. The van der Waals surface area contributed by atoms with E-state index in [9.17, 15) is 20.1 Å². The van der Waals surface area contributed by atoms with E-state index < -0.39 is 5.97 Å². The zero-order chi connectivity index (χ0) is 17.4. The van der Waals surface area contributed by atoms with Crippen molar-refractivity contribution in [2.45, 2.75) is 0 Å². The summed E-state index contributed by atoms with van der Waals surface area (Å²) in [5, 5.41) is 35.4. The summed E-state index contributed by atoms with van der Waals surface area (Å²) in [7, 11) is 0. The summed E-state index contributed by atoms with van der Waals surface area (Å²) >= 11 is 11.1. The van der Waals surface area contributed by atoms with E-state index in [-0.39, 0.29) is 32.7 Å². The second kappa shape index (κ2) is 5.99. The number of carboxylic acids is 1. The van der Waals surface area contributed by atoms with Crippen LogP contribution in [0.15, 0.2) is 36.4 Å². The van der Waals surface area contributed by atoms with Crippen LogP contribution < -0.4 is 0 Å². The molecule has 0 aliphatic rings. The Labute approximate surface area is 145 Å². The van der Waals surface area contributed by atoms with Gasteiger partial charge in [-0.2, -0.15) is 5.10 Å². The second-order valence-corrected chi connectivity index (χ2v) is 5.65. The molecule has 24 heavy (non-hydrogen) atoms. The van der Waals surface area contributed by atoms with E-state index >= 15 is 0 Å². The van der Waals surface area contributed by atoms with E-state index in [1.807, 2.05) is 0 Å². The third-order valence-corrected chi connectivity index (χ3v) is 3.94. The van der Waals surface area contributed by atoms with Crippen molar-refractivity contribution < 1.29 is 20.1 Å². The summed E-state index contributed by atoms with van der Waals surface area (Å²) in [6, 6.07) is 8.41. The van der Waals surface area contributed by atoms with Gasteiger partial charge in [-0.15, -0.1) is 0 Å². The van der Waals surface area contributed by atoms with Crippen LogP contribution >= 0.6 is 23.8 Å². The lowest BCUT2D eigenvalue weighted by molar-refractivity contribution is 0.0697. The smallest absolute Gasteiger partial charge is 0.337 e. The number of aromatic amines is 1. The number of nitrogens with zero attached hydrogens (tertiary/aromatic N) is 2. The maximum absolute atomic E-state index is 11.3. The van der Waals surface area contributed by atoms with Crippen molar-refractivity contribution in [3.05, 3.63) is 51.8 Å². The van der Waals surface area contributed by atoms with Crippen molar-refractivity contribution in [1.82, 2.24) is 14.8 Å². The van der Waals surface area contributed by atoms with Gasteiger partial charge < -0.3 is 15.3 Å². The van der Waals surface area contributed by atoms with Crippen LogP contribution in [0.1, 0.15) is 10.4 Å². The highest BCUT2D eigenvalue weighted by molar-refractivity contribution is 7.71. The lowest BCUT2D eigenvalue weighted by Gasteiger charge is -2.10. The van der Waals surface area contributed by atoms with Crippen LogP contribution in [-0.4, -0.2) is 36.1 Å². The van der Waals surface area contributed by atoms with Crippen LogP contribution in [0.3, 0.4) is 0 Å². The fraction of sp³-hybridized carbons (Fsp3) is 0. The van der Waals surface area contributed by atoms with E-state index in [1.165, 1.54) is 34.9 Å². The summed E-state index contributed by atoms with van der Waals surface area (Å²) in [6.45, 7) is 0. The SMILES string of the molecule is O=C(O)c1cc(-n2c(-c3ccc(O)cc3O)n[nH]c2=S)ccc1Cl. The minimum Gasteiger partial charge on any atom is -0.508 e. The number of hydrogen-bond donors (Lipinski definition) is 4. The number of nitrogens with one attached hydrogen (secondary N) is 1. The number of phenols is 2. The molecule has 4 N–H and O–H groups in total. The first kappa shape index (κ1) is 16.0. The zero-order valence-electron chi connectivity index (χ0n) is 11.9. The lowest BCUT2D eigenvalue weighted by atomic mass is 10.1. The molecule has 0 fully saturated rings. The average molecular weight is 364 g/mol. The number of H-pyrrole nitrogens is 1. The first-order chi connectivity index (χ1) is 11.4. The summed E-state index contributed by atoms with van der Waals surface area (Å²) in [5.41, 5.74) is 0.642. The number of benzene rings is 2. The van der Waals surface area contributed by atoms with Gasteiger partial charge >= 0.3 is 5.97 Å². The Morgan fingerprint density at radius 3 is 2.62 bits per heavy atom. The number of aromatic nitrogens is 3. The van der Waals surface area contributed by atoms with Crippen molar-refractivity contribution in [2.75, 3.05) is 0 Å². The predicted octanol–water partition coefficient (Wildman–Crippen LogP) is 3.36. The van der Waals surface area contributed by atoms with Crippen molar-refractivity contribution >= 4 is 29.8 Å². The van der Waals surface area contributed by atoms with E-state index in [2.05, 4.69) is 10.2 Å². The molecule has 1 heterocycles. The van der Waals surface area contributed by atoms with Crippen LogP contribution in [0.5, 0.6) is 11.5 Å². The van der Waals surface area contributed by atoms with Crippen LogP contribution in [0.25, 0.3) is 17.1 Å². The average Bonchev–Trinajstić information content (AvgIpc) is 2.89. The molecule has 9 heteroatoms. The molecule has 0 radical (unpaired) electrons. The molecule has 3 aromatic rings. The van der Waals surface area contributed by atoms with Crippen LogP contribution in [0.4, 0.5) is 0 Å². The highest BCUT2D eigenvalue weighted by Crippen LogP contribution is 2.32. The maximum Gasteiger partial charge on any atom is 0.337 e. The Morgan fingerprint density at radius 2 is 1.96 bits per heavy atom. The molecule has 7 nitrogen and oxygen atoms in total. The summed E-state index contributed by atoms with van der Waals surface area (Å²) in [4.78, 5) is 11.3.